The molecule has 2 fully saturated rings. The number of nitrogens with zero attached hydrogens (tertiary/aromatic N) is 1. The van der Waals surface area contributed by atoms with Crippen LogP contribution >= 0.6 is 11.3 Å². The van der Waals surface area contributed by atoms with Gasteiger partial charge in [0.05, 0.1) is 4.88 Å². The molecule has 2 heterocycles. The number of thiophene rings is 1. The third-order valence-corrected chi connectivity index (χ3v) is 6.36. The molecule has 2 N–H and O–H groups in total. The molecule has 1 aliphatic heterocycles. The van der Waals surface area contributed by atoms with Gasteiger partial charge in [0.15, 0.2) is 0 Å². The summed E-state index contributed by atoms with van der Waals surface area (Å²) in [5.74, 6) is 1.57. The summed E-state index contributed by atoms with van der Waals surface area (Å²) in [4.78, 5) is 17.1. The van der Waals surface area contributed by atoms with Gasteiger partial charge in [-0.3, -0.25) is 4.79 Å². The van der Waals surface area contributed by atoms with Crippen LogP contribution in [0.4, 0.5) is 0 Å². The molecule has 0 spiro atoms. The maximum Gasteiger partial charge on any atom is 0.264 e. The van der Waals surface area contributed by atoms with Gasteiger partial charge in [0, 0.05) is 24.0 Å². The fourth-order valence-electron chi connectivity index (χ4n) is 3.80. The maximum absolute atomic E-state index is 12.7. The van der Waals surface area contributed by atoms with Crippen molar-refractivity contribution in [1.29, 1.82) is 0 Å². The van der Waals surface area contributed by atoms with Crippen LogP contribution < -0.4 is 5.73 Å². The van der Waals surface area contributed by atoms with Crippen molar-refractivity contribution < 1.29 is 4.79 Å². The van der Waals surface area contributed by atoms with Gasteiger partial charge in [0.1, 0.15) is 0 Å². The number of carbonyl (C=O) groups is 1. The topological polar surface area (TPSA) is 46.3 Å². The molecule has 4 heteroatoms. The Hall–Kier alpha value is -0.870. The van der Waals surface area contributed by atoms with Crippen molar-refractivity contribution in [2.24, 2.45) is 17.6 Å². The number of likely N-dealkylation sites (tertiary alicyclic amines) is 1. The van der Waals surface area contributed by atoms with E-state index in [1.54, 1.807) is 11.3 Å². The van der Waals surface area contributed by atoms with E-state index in [1.165, 1.54) is 36.1 Å². The van der Waals surface area contributed by atoms with E-state index in [2.05, 4.69) is 6.07 Å². The first-order valence-electron chi connectivity index (χ1n) is 7.89. The molecule has 1 aromatic rings. The zero-order valence-corrected chi connectivity index (χ0v) is 12.6. The van der Waals surface area contributed by atoms with Crippen LogP contribution in [0.2, 0.25) is 0 Å². The van der Waals surface area contributed by atoms with Crippen LogP contribution in [0.3, 0.4) is 0 Å². The second kappa shape index (κ2) is 4.85. The van der Waals surface area contributed by atoms with Crippen LogP contribution in [-0.4, -0.2) is 29.9 Å². The number of amides is 1. The predicted octanol–water partition coefficient (Wildman–Crippen LogP) is 2.44. The molecule has 1 saturated heterocycles. The summed E-state index contributed by atoms with van der Waals surface area (Å²) in [6.07, 6.45) is 7.50. The van der Waals surface area contributed by atoms with Crippen LogP contribution in [0.15, 0.2) is 6.07 Å². The van der Waals surface area contributed by atoms with Crippen molar-refractivity contribution in [3.8, 4) is 0 Å². The predicted molar refractivity (Wildman–Crippen MR) is 81.1 cm³/mol. The Balaban J connectivity index is 1.51. The van der Waals surface area contributed by atoms with E-state index in [1.807, 2.05) is 4.90 Å². The molecule has 1 amide bonds. The first-order chi connectivity index (χ1) is 9.72. The van der Waals surface area contributed by atoms with Gasteiger partial charge in [0.2, 0.25) is 0 Å². The molecular weight excluding hydrogens is 268 g/mol. The Morgan fingerprint density at radius 3 is 2.80 bits per heavy atom. The number of rotatable bonds is 2. The van der Waals surface area contributed by atoms with Crippen molar-refractivity contribution in [1.82, 2.24) is 4.90 Å². The van der Waals surface area contributed by atoms with Crippen molar-refractivity contribution >= 4 is 17.2 Å². The Morgan fingerprint density at radius 1 is 1.25 bits per heavy atom. The zero-order chi connectivity index (χ0) is 13.7. The first kappa shape index (κ1) is 12.8. The Bertz CT molecular complexity index is 511. The highest BCUT2D eigenvalue weighted by Gasteiger charge is 2.42. The van der Waals surface area contributed by atoms with E-state index in [-0.39, 0.29) is 11.9 Å². The SMILES string of the molecule is N[C@H]1CN(C(=O)c2cc3c(s2)CCCC3)C[C@@H]1C1CC1. The third-order valence-electron chi connectivity index (χ3n) is 5.13. The molecule has 3 nitrogen and oxygen atoms in total. The first-order valence-corrected chi connectivity index (χ1v) is 8.70. The average Bonchev–Trinajstić information content (AvgIpc) is 3.08. The summed E-state index contributed by atoms with van der Waals surface area (Å²) < 4.78 is 0. The molecule has 4 rings (SSSR count). The summed E-state index contributed by atoms with van der Waals surface area (Å²) >= 11 is 1.72. The van der Waals surface area contributed by atoms with Gasteiger partial charge in [-0.05, 0) is 62.0 Å². The molecule has 0 bridgehead atoms. The minimum absolute atomic E-state index is 0.195. The van der Waals surface area contributed by atoms with E-state index in [9.17, 15) is 4.79 Å². The molecule has 20 heavy (non-hydrogen) atoms. The summed E-state index contributed by atoms with van der Waals surface area (Å²) in [5.41, 5.74) is 7.66. The van der Waals surface area contributed by atoms with Crippen LogP contribution in [-0.2, 0) is 12.8 Å². The quantitative estimate of drug-likeness (QED) is 0.909. The summed E-state index contributed by atoms with van der Waals surface area (Å²) in [5, 5.41) is 0. The van der Waals surface area contributed by atoms with E-state index >= 15 is 0 Å². The van der Waals surface area contributed by atoms with Crippen molar-refractivity contribution in [3.05, 3.63) is 21.4 Å². The lowest BCUT2D eigenvalue weighted by atomic mass is 9.99. The summed E-state index contributed by atoms with van der Waals surface area (Å²) in [7, 11) is 0. The average molecular weight is 290 g/mol. The van der Waals surface area contributed by atoms with Gasteiger partial charge in [-0.2, -0.15) is 0 Å². The summed E-state index contributed by atoms with van der Waals surface area (Å²) in [6, 6.07) is 2.35. The highest BCUT2D eigenvalue weighted by molar-refractivity contribution is 7.14. The molecule has 2 aliphatic carbocycles. The monoisotopic (exact) mass is 290 g/mol. The number of hydrogen-bond donors (Lipinski definition) is 1. The largest absolute Gasteiger partial charge is 0.336 e. The van der Waals surface area contributed by atoms with Gasteiger partial charge in [-0.15, -0.1) is 11.3 Å². The van der Waals surface area contributed by atoms with Crippen LogP contribution in [0.5, 0.6) is 0 Å². The Labute approximate surface area is 124 Å². The molecule has 1 saturated carbocycles. The highest BCUT2D eigenvalue weighted by atomic mass is 32.1. The second-order valence-corrected chi connectivity index (χ2v) is 7.78. The lowest BCUT2D eigenvalue weighted by Crippen LogP contribution is -2.32. The maximum atomic E-state index is 12.7. The number of carbonyl (C=O) groups excluding carboxylic acids is 1. The molecule has 3 aliphatic rings. The molecule has 0 unspecified atom stereocenters. The van der Waals surface area contributed by atoms with Gasteiger partial charge >= 0.3 is 0 Å². The minimum Gasteiger partial charge on any atom is -0.336 e. The minimum atomic E-state index is 0.195. The van der Waals surface area contributed by atoms with Crippen molar-refractivity contribution in [2.75, 3.05) is 13.1 Å². The molecule has 1 aromatic heterocycles. The van der Waals surface area contributed by atoms with Gasteiger partial charge in [-0.25, -0.2) is 0 Å². The lowest BCUT2D eigenvalue weighted by molar-refractivity contribution is 0.0789. The Kier molecular flexibility index (Phi) is 3.11. The number of hydrogen-bond acceptors (Lipinski definition) is 3. The molecule has 0 radical (unpaired) electrons. The number of fused-ring (bicyclic) bond motifs is 1. The van der Waals surface area contributed by atoms with Crippen LogP contribution in [0.1, 0.15) is 45.8 Å². The van der Waals surface area contributed by atoms with E-state index in [0.717, 1.165) is 36.7 Å². The van der Waals surface area contributed by atoms with Crippen molar-refractivity contribution in [2.45, 2.75) is 44.6 Å². The van der Waals surface area contributed by atoms with E-state index < -0.39 is 0 Å². The zero-order valence-electron chi connectivity index (χ0n) is 11.8. The second-order valence-electron chi connectivity index (χ2n) is 6.64. The molecule has 2 atom stereocenters. The van der Waals surface area contributed by atoms with Crippen LogP contribution in [0.25, 0.3) is 0 Å². The molecule has 108 valence electrons. The highest BCUT2D eigenvalue weighted by Crippen LogP contribution is 2.41. The van der Waals surface area contributed by atoms with Crippen molar-refractivity contribution in [3.63, 3.8) is 0 Å². The van der Waals surface area contributed by atoms with Crippen LogP contribution in [0, 0.1) is 11.8 Å². The van der Waals surface area contributed by atoms with Gasteiger partial charge in [0.25, 0.3) is 5.91 Å². The normalized spacial score (nSPS) is 29.6. The summed E-state index contributed by atoms with van der Waals surface area (Å²) in [6.45, 7) is 1.63. The third kappa shape index (κ3) is 2.19. The van der Waals surface area contributed by atoms with Gasteiger partial charge in [-0.1, -0.05) is 0 Å². The number of nitrogens with two attached hydrogens (primary N) is 1. The smallest absolute Gasteiger partial charge is 0.264 e. The lowest BCUT2D eigenvalue weighted by Gasteiger charge is -2.15. The van der Waals surface area contributed by atoms with E-state index in [4.69, 9.17) is 5.73 Å². The molecular formula is C16H22N2OS. The fraction of sp³-hybridized carbons (Fsp3) is 0.688. The van der Waals surface area contributed by atoms with E-state index in [0.29, 0.717) is 5.92 Å². The standard InChI is InChI=1S/C16H22N2OS/c17-13-9-18(8-12(13)10-5-6-10)16(19)15-7-11-3-1-2-4-14(11)20-15/h7,10,12-13H,1-6,8-9,17H2/t12-,13+/m1/s1. The number of aryl methyl sites for hydroxylation is 2. The van der Waals surface area contributed by atoms with Gasteiger partial charge < -0.3 is 10.6 Å². The fourth-order valence-corrected chi connectivity index (χ4v) is 5.02. The Morgan fingerprint density at radius 2 is 2.05 bits per heavy atom. The molecule has 0 aromatic carbocycles.